The van der Waals surface area contributed by atoms with Gasteiger partial charge in [0.2, 0.25) is 0 Å². The number of ether oxygens (including phenoxy) is 1. The second-order valence-electron chi connectivity index (χ2n) is 5.65. The molecule has 3 heteroatoms. The molecule has 0 radical (unpaired) electrons. The lowest BCUT2D eigenvalue weighted by atomic mass is 9.98. The van der Waals surface area contributed by atoms with E-state index in [1.807, 2.05) is 18.3 Å². The molecule has 0 bridgehead atoms. The number of aromatic nitrogens is 1. The van der Waals surface area contributed by atoms with Crippen LogP contribution in [0.2, 0.25) is 0 Å². The Labute approximate surface area is 119 Å². The van der Waals surface area contributed by atoms with Crippen molar-refractivity contribution >= 4 is 16.7 Å². The fourth-order valence-electron chi connectivity index (χ4n) is 3.05. The zero-order chi connectivity index (χ0) is 13.9. The summed E-state index contributed by atoms with van der Waals surface area (Å²) in [6, 6.07) is 6.08. The molecule has 0 amide bonds. The third-order valence-electron chi connectivity index (χ3n) is 4.18. The van der Waals surface area contributed by atoms with Gasteiger partial charge in [-0.05, 0) is 44.2 Å². The van der Waals surface area contributed by atoms with Gasteiger partial charge in [0, 0.05) is 35.7 Å². The molecule has 1 aliphatic heterocycles. The fraction of sp³-hybridized carbons (Fsp3) is 0.471. The van der Waals surface area contributed by atoms with Crippen LogP contribution < -0.4 is 0 Å². The summed E-state index contributed by atoms with van der Waals surface area (Å²) in [5.41, 5.74) is 3.03. The number of Topliss-reactive ketones (excluding diaryl/α,β-unsaturated/α-hetero) is 1. The summed E-state index contributed by atoms with van der Waals surface area (Å²) < 4.78 is 5.70. The van der Waals surface area contributed by atoms with Crippen molar-refractivity contribution in [3.63, 3.8) is 0 Å². The quantitative estimate of drug-likeness (QED) is 0.854. The fourth-order valence-corrected chi connectivity index (χ4v) is 3.05. The van der Waals surface area contributed by atoms with Gasteiger partial charge in [-0.15, -0.1) is 0 Å². The Balaban J connectivity index is 1.72. The first-order chi connectivity index (χ1) is 9.75. The zero-order valence-electron chi connectivity index (χ0n) is 11.9. The predicted molar refractivity (Wildman–Crippen MR) is 80.2 cm³/mol. The summed E-state index contributed by atoms with van der Waals surface area (Å²) in [7, 11) is 0. The van der Waals surface area contributed by atoms with E-state index in [1.165, 1.54) is 6.42 Å². The number of nitrogens with one attached hydrogen (secondary N) is 1. The van der Waals surface area contributed by atoms with E-state index in [-0.39, 0.29) is 11.9 Å². The number of hydrogen-bond donors (Lipinski definition) is 1. The largest absolute Gasteiger partial charge is 0.378 e. The minimum Gasteiger partial charge on any atom is -0.378 e. The summed E-state index contributed by atoms with van der Waals surface area (Å²) in [6.45, 7) is 2.91. The number of aryl methyl sites for hydroxylation is 1. The SMILES string of the molecule is Cc1cccc2[nH]cc(C(=O)CCC3CCCCO3)c12. The molecule has 1 atom stereocenters. The molecule has 2 heterocycles. The van der Waals surface area contributed by atoms with Crippen molar-refractivity contribution < 1.29 is 9.53 Å². The van der Waals surface area contributed by atoms with E-state index >= 15 is 0 Å². The second-order valence-corrected chi connectivity index (χ2v) is 5.65. The van der Waals surface area contributed by atoms with Crippen LogP contribution in [0, 0.1) is 6.92 Å². The van der Waals surface area contributed by atoms with Crippen LogP contribution >= 0.6 is 0 Å². The molecule has 1 aliphatic rings. The Kier molecular flexibility index (Phi) is 3.88. The Morgan fingerprint density at radius 3 is 3.10 bits per heavy atom. The summed E-state index contributed by atoms with van der Waals surface area (Å²) in [5, 5.41) is 1.07. The van der Waals surface area contributed by atoms with E-state index < -0.39 is 0 Å². The van der Waals surface area contributed by atoms with Gasteiger partial charge in [0.05, 0.1) is 6.10 Å². The molecule has 106 valence electrons. The van der Waals surface area contributed by atoms with Crippen molar-refractivity contribution in [1.29, 1.82) is 0 Å². The highest BCUT2D eigenvalue weighted by Crippen LogP contribution is 2.25. The standard InChI is InChI=1S/C17H21NO2/c1-12-5-4-7-15-17(12)14(11-18-15)16(19)9-8-13-6-2-3-10-20-13/h4-5,7,11,13,18H,2-3,6,8-10H2,1H3. The Morgan fingerprint density at radius 1 is 1.40 bits per heavy atom. The van der Waals surface area contributed by atoms with Crippen molar-refractivity contribution in [2.45, 2.75) is 45.1 Å². The number of fused-ring (bicyclic) bond motifs is 1. The Hall–Kier alpha value is -1.61. The number of carbonyl (C=O) groups excluding carboxylic acids is 1. The molecule has 0 spiro atoms. The van der Waals surface area contributed by atoms with E-state index in [2.05, 4.69) is 18.0 Å². The highest BCUT2D eigenvalue weighted by atomic mass is 16.5. The summed E-state index contributed by atoms with van der Waals surface area (Å²) in [5.74, 6) is 0.222. The topological polar surface area (TPSA) is 42.1 Å². The molecule has 1 fully saturated rings. The number of hydrogen-bond acceptors (Lipinski definition) is 2. The second kappa shape index (κ2) is 5.80. The van der Waals surface area contributed by atoms with Crippen LogP contribution in [-0.2, 0) is 4.74 Å². The average molecular weight is 271 g/mol. The van der Waals surface area contributed by atoms with Crippen molar-refractivity contribution in [1.82, 2.24) is 4.98 Å². The Bertz CT molecular complexity index is 608. The molecule has 2 aromatic rings. The lowest BCUT2D eigenvalue weighted by Gasteiger charge is -2.22. The van der Waals surface area contributed by atoms with Crippen LogP contribution in [0.4, 0.5) is 0 Å². The molecule has 3 nitrogen and oxygen atoms in total. The highest BCUT2D eigenvalue weighted by molar-refractivity contribution is 6.08. The van der Waals surface area contributed by atoms with E-state index in [1.54, 1.807) is 0 Å². The van der Waals surface area contributed by atoms with E-state index in [0.717, 1.165) is 47.9 Å². The van der Waals surface area contributed by atoms with E-state index in [0.29, 0.717) is 6.42 Å². The third-order valence-corrected chi connectivity index (χ3v) is 4.18. The van der Waals surface area contributed by atoms with Gasteiger partial charge >= 0.3 is 0 Å². The number of H-pyrrole nitrogens is 1. The molecular formula is C17H21NO2. The lowest BCUT2D eigenvalue weighted by Crippen LogP contribution is -2.20. The number of ketones is 1. The maximum Gasteiger partial charge on any atom is 0.165 e. The van der Waals surface area contributed by atoms with Crippen molar-refractivity contribution in [2.24, 2.45) is 0 Å². The van der Waals surface area contributed by atoms with Gasteiger partial charge in [0.1, 0.15) is 0 Å². The smallest absolute Gasteiger partial charge is 0.165 e. The van der Waals surface area contributed by atoms with Crippen LogP contribution in [0.1, 0.15) is 48.0 Å². The molecule has 1 aromatic heterocycles. The minimum atomic E-state index is 0.222. The monoisotopic (exact) mass is 271 g/mol. The first kappa shape index (κ1) is 13.4. The predicted octanol–water partition coefficient (Wildman–Crippen LogP) is 4.01. The first-order valence-corrected chi connectivity index (χ1v) is 7.47. The zero-order valence-corrected chi connectivity index (χ0v) is 11.9. The number of rotatable bonds is 4. The molecular weight excluding hydrogens is 250 g/mol. The summed E-state index contributed by atoms with van der Waals surface area (Å²) >= 11 is 0. The number of benzene rings is 1. The molecule has 1 aromatic carbocycles. The normalized spacial score (nSPS) is 19.4. The van der Waals surface area contributed by atoms with Gasteiger partial charge in [-0.1, -0.05) is 12.1 Å². The maximum atomic E-state index is 12.4. The summed E-state index contributed by atoms with van der Waals surface area (Å²) in [6.07, 6.45) is 7.03. The van der Waals surface area contributed by atoms with Crippen LogP contribution in [0.3, 0.4) is 0 Å². The van der Waals surface area contributed by atoms with Crippen molar-refractivity contribution in [3.8, 4) is 0 Å². The number of aromatic amines is 1. The molecule has 1 saturated heterocycles. The van der Waals surface area contributed by atoms with Crippen LogP contribution in [0.5, 0.6) is 0 Å². The van der Waals surface area contributed by atoms with Gasteiger partial charge in [0.25, 0.3) is 0 Å². The van der Waals surface area contributed by atoms with Gasteiger partial charge < -0.3 is 9.72 Å². The molecule has 1 N–H and O–H groups in total. The molecule has 20 heavy (non-hydrogen) atoms. The van der Waals surface area contributed by atoms with Crippen LogP contribution in [0.15, 0.2) is 24.4 Å². The third kappa shape index (κ3) is 2.63. The lowest BCUT2D eigenvalue weighted by molar-refractivity contribution is 0.0104. The van der Waals surface area contributed by atoms with Gasteiger partial charge in [-0.2, -0.15) is 0 Å². The van der Waals surface area contributed by atoms with Gasteiger partial charge in [-0.25, -0.2) is 0 Å². The minimum absolute atomic E-state index is 0.222. The van der Waals surface area contributed by atoms with Crippen molar-refractivity contribution in [3.05, 3.63) is 35.5 Å². The van der Waals surface area contributed by atoms with Gasteiger partial charge in [0.15, 0.2) is 5.78 Å². The summed E-state index contributed by atoms with van der Waals surface area (Å²) in [4.78, 5) is 15.6. The number of carbonyl (C=O) groups is 1. The molecule has 1 unspecified atom stereocenters. The van der Waals surface area contributed by atoms with Crippen LogP contribution in [0.25, 0.3) is 10.9 Å². The molecule has 0 saturated carbocycles. The Morgan fingerprint density at radius 2 is 2.30 bits per heavy atom. The van der Waals surface area contributed by atoms with Crippen molar-refractivity contribution in [2.75, 3.05) is 6.61 Å². The molecule has 0 aliphatic carbocycles. The van der Waals surface area contributed by atoms with Gasteiger partial charge in [-0.3, -0.25) is 4.79 Å². The maximum absolute atomic E-state index is 12.4. The highest BCUT2D eigenvalue weighted by Gasteiger charge is 2.18. The van der Waals surface area contributed by atoms with E-state index in [4.69, 9.17) is 4.74 Å². The average Bonchev–Trinajstić information content (AvgIpc) is 2.91. The van der Waals surface area contributed by atoms with Crippen LogP contribution in [-0.4, -0.2) is 23.5 Å². The first-order valence-electron chi connectivity index (χ1n) is 7.47. The van der Waals surface area contributed by atoms with E-state index in [9.17, 15) is 4.79 Å². The molecule has 3 rings (SSSR count).